The van der Waals surface area contributed by atoms with Crippen LogP contribution in [0, 0.1) is 0 Å². The molecule has 28 heavy (non-hydrogen) atoms. The molecule has 1 heterocycles. The number of hydrogen-bond acceptors (Lipinski definition) is 5. The van der Waals surface area contributed by atoms with Crippen LogP contribution < -0.4 is 0 Å². The Morgan fingerprint density at radius 3 is 2.57 bits per heavy atom. The molecule has 0 spiro atoms. The third kappa shape index (κ3) is 3.98. The summed E-state index contributed by atoms with van der Waals surface area (Å²) in [4.78, 5) is 29.6. The van der Waals surface area contributed by atoms with Crippen LogP contribution in [0.4, 0.5) is 0 Å². The molecule has 2 fully saturated rings. The SMILES string of the molecule is CN(CC(=O)N(C)C1(c2ccccc2Cl)CCCCC1=O)C1CCS(=O)(=O)C1. The first-order valence-corrected chi connectivity index (χ1v) is 11.8. The van der Waals surface area contributed by atoms with Gasteiger partial charge in [0.1, 0.15) is 5.54 Å². The van der Waals surface area contributed by atoms with E-state index in [1.54, 1.807) is 25.1 Å². The van der Waals surface area contributed by atoms with E-state index in [-0.39, 0.29) is 35.8 Å². The van der Waals surface area contributed by atoms with Crippen LogP contribution in [0.1, 0.15) is 37.7 Å². The van der Waals surface area contributed by atoms with Gasteiger partial charge in [0.15, 0.2) is 15.6 Å². The first-order chi connectivity index (χ1) is 13.2. The van der Waals surface area contributed by atoms with Gasteiger partial charge in [-0.25, -0.2) is 8.42 Å². The van der Waals surface area contributed by atoms with E-state index in [4.69, 9.17) is 11.6 Å². The summed E-state index contributed by atoms with van der Waals surface area (Å²) in [6.45, 7) is 0.0656. The average molecular weight is 427 g/mol. The van der Waals surface area contributed by atoms with E-state index in [0.717, 1.165) is 12.8 Å². The molecule has 1 aromatic carbocycles. The molecule has 1 saturated heterocycles. The summed E-state index contributed by atoms with van der Waals surface area (Å²) in [5, 5.41) is 0.479. The maximum atomic E-state index is 13.1. The van der Waals surface area contributed by atoms with Gasteiger partial charge in [-0.15, -0.1) is 0 Å². The minimum absolute atomic E-state index is 0.00815. The fourth-order valence-electron chi connectivity index (χ4n) is 4.41. The number of carbonyl (C=O) groups is 2. The molecule has 154 valence electrons. The number of Topliss-reactive ketones (excluding diaryl/α,β-unsaturated/α-hetero) is 1. The highest BCUT2D eigenvalue weighted by Crippen LogP contribution is 2.42. The summed E-state index contributed by atoms with van der Waals surface area (Å²) in [5.41, 5.74) is -0.390. The van der Waals surface area contributed by atoms with Crippen molar-refractivity contribution in [2.75, 3.05) is 32.1 Å². The molecular formula is C20H27ClN2O4S. The van der Waals surface area contributed by atoms with Crippen LogP contribution >= 0.6 is 11.6 Å². The Balaban J connectivity index is 1.85. The monoisotopic (exact) mass is 426 g/mol. The van der Waals surface area contributed by atoms with Gasteiger partial charge >= 0.3 is 0 Å². The zero-order chi connectivity index (χ0) is 20.5. The molecule has 0 aromatic heterocycles. The smallest absolute Gasteiger partial charge is 0.237 e. The van der Waals surface area contributed by atoms with Crippen LogP contribution in [0.5, 0.6) is 0 Å². The number of likely N-dealkylation sites (N-methyl/N-ethyl adjacent to an activating group) is 2. The zero-order valence-electron chi connectivity index (χ0n) is 16.4. The number of amides is 1. The fourth-order valence-corrected chi connectivity index (χ4v) is 6.51. The van der Waals surface area contributed by atoms with E-state index >= 15 is 0 Å². The Bertz CT molecular complexity index is 873. The van der Waals surface area contributed by atoms with Crippen LogP contribution in [0.2, 0.25) is 5.02 Å². The topological polar surface area (TPSA) is 74.8 Å². The van der Waals surface area contributed by atoms with Crippen molar-refractivity contribution in [3.05, 3.63) is 34.9 Å². The van der Waals surface area contributed by atoms with Crippen LogP contribution in [0.15, 0.2) is 24.3 Å². The van der Waals surface area contributed by atoms with Crippen molar-refractivity contribution < 1.29 is 18.0 Å². The minimum atomic E-state index is -3.02. The predicted octanol–water partition coefficient (Wildman–Crippen LogP) is 2.26. The molecule has 2 unspecified atom stereocenters. The van der Waals surface area contributed by atoms with E-state index in [9.17, 15) is 18.0 Å². The molecule has 1 aromatic rings. The Morgan fingerprint density at radius 1 is 1.25 bits per heavy atom. The van der Waals surface area contributed by atoms with E-state index in [1.807, 2.05) is 18.2 Å². The number of carbonyl (C=O) groups excluding carboxylic acids is 2. The lowest BCUT2D eigenvalue weighted by Gasteiger charge is -2.44. The Hall–Kier alpha value is -1.44. The first-order valence-electron chi connectivity index (χ1n) is 9.63. The van der Waals surface area contributed by atoms with Gasteiger partial charge in [0, 0.05) is 30.1 Å². The maximum absolute atomic E-state index is 13.1. The first kappa shape index (κ1) is 21.3. The van der Waals surface area contributed by atoms with Gasteiger partial charge in [-0.3, -0.25) is 14.5 Å². The molecule has 8 heteroatoms. The lowest BCUT2D eigenvalue weighted by molar-refractivity contribution is -0.148. The second kappa shape index (κ2) is 8.13. The molecule has 1 saturated carbocycles. The number of nitrogens with zero attached hydrogens (tertiary/aromatic N) is 2. The van der Waals surface area contributed by atoms with Gasteiger partial charge in [-0.05, 0) is 38.8 Å². The quantitative estimate of drug-likeness (QED) is 0.721. The average Bonchev–Trinajstić information content (AvgIpc) is 3.02. The molecule has 2 atom stereocenters. The van der Waals surface area contributed by atoms with Crippen LogP contribution in [-0.4, -0.2) is 68.1 Å². The molecule has 1 amide bonds. The van der Waals surface area contributed by atoms with E-state index < -0.39 is 15.4 Å². The molecule has 1 aliphatic carbocycles. The largest absolute Gasteiger partial charge is 0.328 e. The van der Waals surface area contributed by atoms with Crippen molar-refractivity contribution >= 4 is 33.1 Å². The fraction of sp³-hybridized carbons (Fsp3) is 0.600. The highest BCUT2D eigenvalue weighted by Gasteiger charge is 2.48. The van der Waals surface area contributed by atoms with Crippen molar-refractivity contribution in [1.29, 1.82) is 0 Å². The van der Waals surface area contributed by atoms with Gasteiger partial charge in [-0.1, -0.05) is 29.8 Å². The highest BCUT2D eigenvalue weighted by molar-refractivity contribution is 7.91. The summed E-state index contributed by atoms with van der Waals surface area (Å²) in [6, 6.07) is 7.04. The molecule has 1 aliphatic heterocycles. The van der Waals surface area contributed by atoms with Crippen LogP contribution in [-0.2, 0) is 25.0 Å². The summed E-state index contributed by atoms with van der Waals surface area (Å²) in [6.07, 6.45) is 3.14. The molecule has 0 bridgehead atoms. The minimum Gasteiger partial charge on any atom is -0.328 e. The molecule has 0 N–H and O–H groups in total. The van der Waals surface area contributed by atoms with Crippen LogP contribution in [0.25, 0.3) is 0 Å². The number of benzene rings is 1. The van der Waals surface area contributed by atoms with Crippen molar-refractivity contribution in [2.24, 2.45) is 0 Å². The van der Waals surface area contributed by atoms with Gasteiger partial charge in [0.2, 0.25) is 5.91 Å². The lowest BCUT2D eigenvalue weighted by Crippen LogP contribution is -2.56. The Labute approximate surface area is 171 Å². The summed E-state index contributed by atoms with van der Waals surface area (Å²) in [7, 11) is 0.402. The van der Waals surface area contributed by atoms with Crippen molar-refractivity contribution in [3.63, 3.8) is 0 Å². The number of rotatable bonds is 5. The number of halogens is 1. The molecule has 2 aliphatic rings. The highest BCUT2D eigenvalue weighted by atomic mass is 35.5. The van der Waals surface area contributed by atoms with E-state index in [1.165, 1.54) is 4.90 Å². The molecular weight excluding hydrogens is 400 g/mol. The van der Waals surface area contributed by atoms with Crippen molar-refractivity contribution in [1.82, 2.24) is 9.80 Å². The number of hydrogen-bond donors (Lipinski definition) is 0. The molecule has 0 radical (unpaired) electrons. The number of ketones is 1. The maximum Gasteiger partial charge on any atom is 0.237 e. The summed E-state index contributed by atoms with van der Waals surface area (Å²) >= 11 is 6.43. The van der Waals surface area contributed by atoms with Crippen LogP contribution in [0.3, 0.4) is 0 Å². The van der Waals surface area contributed by atoms with Gasteiger partial charge in [-0.2, -0.15) is 0 Å². The normalized spacial score (nSPS) is 27.1. The van der Waals surface area contributed by atoms with Crippen molar-refractivity contribution in [2.45, 2.75) is 43.7 Å². The lowest BCUT2D eigenvalue weighted by atomic mass is 9.74. The number of sulfone groups is 1. The second-order valence-corrected chi connectivity index (χ2v) is 10.5. The van der Waals surface area contributed by atoms with E-state index in [0.29, 0.717) is 29.8 Å². The predicted molar refractivity (Wildman–Crippen MR) is 109 cm³/mol. The van der Waals surface area contributed by atoms with Gasteiger partial charge in [0.05, 0.1) is 18.1 Å². The van der Waals surface area contributed by atoms with Gasteiger partial charge in [0.25, 0.3) is 0 Å². The summed E-state index contributed by atoms with van der Waals surface area (Å²) < 4.78 is 23.5. The Morgan fingerprint density at radius 2 is 1.96 bits per heavy atom. The third-order valence-electron chi connectivity index (χ3n) is 6.14. The molecule has 6 nitrogen and oxygen atoms in total. The van der Waals surface area contributed by atoms with E-state index in [2.05, 4.69) is 0 Å². The summed E-state index contributed by atoms with van der Waals surface area (Å²) in [5.74, 6) is 0.0409. The Kier molecular flexibility index (Phi) is 6.17. The molecule has 3 rings (SSSR count). The third-order valence-corrected chi connectivity index (χ3v) is 8.22. The zero-order valence-corrected chi connectivity index (χ0v) is 17.9. The van der Waals surface area contributed by atoms with Crippen molar-refractivity contribution in [3.8, 4) is 0 Å². The standard InChI is InChI=1S/C20H27ClN2O4S/c1-22(15-10-12-28(26,27)14-15)13-19(25)23(2)20(11-6-5-9-18(20)24)16-7-3-4-8-17(16)21/h3-4,7-8,15H,5-6,9-14H2,1-2H3. The van der Waals surface area contributed by atoms with Gasteiger partial charge < -0.3 is 4.90 Å². The second-order valence-electron chi connectivity index (χ2n) is 7.90.